The highest BCUT2D eigenvalue weighted by Gasteiger charge is 2.09. The van der Waals surface area contributed by atoms with Gasteiger partial charge in [-0.15, -0.1) is 0 Å². The molecule has 1 aromatic rings. The summed E-state index contributed by atoms with van der Waals surface area (Å²) >= 11 is 0. The molecule has 0 atom stereocenters. The molecule has 0 saturated heterocycles. The fourth-order valence-corrected chi connectivity index (χ4v) is 1.31. The molecule has 18 heavy (non-hydrogen) atoms. The smallest absolute Gasteiger partial charge is 0.241 e. The topological polar surface area (TPSA) is 84.1 Å². The molecule has 6 heteroatoms. The van der Waals surface area contributed by atoms with Crippen LogP contribution in [0.25, 0.3) is 0 Å². The highest BCUT2D eigenvalue weighted by molar-refractivity contribution is 5.80. The van der Waals surface area contributed by atoms with Crippen LogP contribution in [0.4, 0.5) is 11.6 Å². The van der Waals surface area contributed by atoms with Gasteiger partial charge < -0.3 is 16.0 Å². The molecule has 1 heterocycles. The van der Waals surface area contributed by atoms with E-state index in [0.29, 0.717) is 24.0 Å². The largest absolute Gasteiger partial charge is 0.384 e. The maximum atomic E-state index is 11.6. The predicted molar refractivity (Wildman–Crippen MR) is 72.3 cm³/mol. The highest BCUT2D eigenvalue weighted by atomic mass is 16.2. The third-order valence-electron chi connectivity index (χ3n) is 2.60. The van der Waals surface area contributed by atoms with Gasteiger partial charge in [0.2, 0.25) is 5.91 Å². The van der Waals surface area contributed by atoms with Gasteiger partial charge in [-0.25, -0.2) is 9.97 Å². The van der Waals surface area contributed by atoms with Crippen molar-refractivity contribution in [3.63, 3.8) is 0 Å². The SMILES string of the molecule is CCN(C)C(=O)CNc1cc(N)nc(C(C)C)n1. The number of aromatic nitrogens is 2. The molecule has 0 saturated carbocycles. The molecule has 0 fully saturated rings. The Kier molecular flexibility index (Phi) is 4.88. The second kappa shape index (κ2) is 6.18. The van der Waals surface area contributed by atoms with E-state index >= 15 is 0 Å². The summed E-state index contributed by atoms with van der Waals surface area (Å²) in [5, 5.41) is 2.97. The summed E-state index contributed by atoms with van der Waals surface area (Å²) in [6.45, 7) is 6.81. The Labute approximate surface area is 108 Å². The number of nitrogens with two attached hydrogens (primary N) is 1. The Hall–Kier alpha value is -1.85. The van der Waals surface area contributed by atoms with Crippen molar-refractivity contribution in [2.24, 2.45) is 0 Å². The second-order valence-electron chi connectivity index (χ2n) is 4.45. The van der Waals surface area contributed by atoms with Crippen molar-refractivity contribution in [3.8, 4) is 0 Å². The van der Waals surface area contributed by atoms with E-state index in [-0.39, 0.29) is 18.4 Å². The molecule has 0 spiro atoms. The van der Waals surface area contributed by atoms with Crippen molar-refractivity contribution >= 4 is 17.5 Å². The van der Waals surface area contributed by atoms with E-state index in [1.807, 2.05) is 20.8 Å². The number of hydrogen-bond acceptors (Lipinski definition) is 5. The summed E-state index contributed by atoms with van der Waals surface area (Å²) in [7, 11) is 1.76. The van der Waals surface area contributed by atoms with Crippen LogP contribution in [0.15, 0.2) is 6.07 Å². The Morgan fingerprint density at radius 1 is 1.50 bits per heavy atom. The van der Waals surface area contributed by atoms with Crippen LogP contribution in [0, 0.1) is 0 Å². The van der Waals surface area contributed by atoms with Crippen molar-refractivity contribution in [1.82, 2.24) is 14.9 Å². The van der Waals surface area contributed by atoms with Gasteiger partial charge in [0.15, 0.2) is 0 Å². The Morgan fingerprint density at radius 3 is 2.72 bits per heavy atom. The molecule has 0 aliphatic heterocycles. The number of hydrogen-bond donors (Lipinski definition) is 2. The lowest BCUT2D eigenvalue weighted by Gasteiger charge is -2.15. The Bertz CT molecular complexity index is 419. The Morgan fingerprint density at radius 2 is 2.17 bits per heavy atom. The fourth-order valence-electron chi connectivity index (χ4n) is 1.31. The van der Waals surface area contributed by atoms with Crippen molar-refractivity contribution < 1.29 is 4.79 Å². The summed E-state index contributed by atoms with van der Waals surface area (Å²) in [5.74, 6) is 1.88. The quantitative estimate of drug-likeness (QED) is 0.818. The summed E-state index contributed by atoms with van der Waals surface area (Å²) < 4.78 is 0. The average Bonchev–Trinajstić information content (AvgIpc) is 2.34. The second-order valence-corrected chi connectivity index (χ2v) is 4.45. The van der Waals surface area contributed by atoms with Gasteiger partial charge in [-0.1, -0.05) is 13.8 Å². The van der Waals surface area contributed by atoms with Crippen LogP contribution in [-0.2, 0) is 4.79 Å². The van der Waals surface area contributed by atoms with Gasteiger partial charge in [0.05, 0.1) is 6.54 Å². The molecule has 1 rings (SSSR count). The molecule has 0 aliphatic carbocycles. The normalized spacial score (nSPS) is 10.5. The van der Waals surface area contributed by atoms with Crippen molar-refractivity contribution in [2.45, 2.75) is 26.7 Å². The summed E-state index contributed by atoms with van der Waals surface area (Å²) in [6.07, 6.45) is 0. The molecule has 1 amide bonds. The van der Waals surface area contributed by atoms with Crippen LogP contribution in [0.1, 0.15) is 32.5 Å². The van der Waals surface area contributed by atoms with Gasteiger partial charge in [-0.2, -0.15) is 0 Å². The fraction of sp³-hybridized carbons (Fsp3) is 0.583. The number of likely N-dealkylation sites (N-methyl/N-ethyl adjacent to an activating group) is 1. The summed E-state index contributed by atoms with van der Waals surface area (Å²) in [4.78, 5) is 21.7. The lowest BCUT2D eigenvalue weighted by atomic mass is 10.2. The highest BCUT2D eigenvalue weighted by Crippen LogP contribution is 2.14. The first-order valence-electron chi connectivity index (χ1n) is 6.06. The van der Waals surface area contributed by atoms with Crippen molar-refractivity contribution in [1.29, 1.82) is 0 Å². The number of carbonyl (C=O) groups is 1. The van der Waals surface area contributed by atoms with Crippen molar-refractivity contribution in [2.75, 3.05) is 31.2 Å². The molecule has 6 nitrogen and oxygen atoms in total. The number of nitrogen functional groups attached to an aromatic ring is 1. The minimum Gasteiger partial charge on any atom is -0.384 e. The van der Waals surface area contributed by atoms with E-state index in [0.717, 1.165) is 0 Å². The lowest BCUT2D eigenvalue weighted by molar-refractivity contribution is -0.127. The number of carbonyl (C=O) groups excluding carboxylic acids is 1. The minimum atomic E-state index is 0.0146. The molecular weight excluding hydrogens is 230 g/mol. The molecule has 100 valence electrons. The third kappa shape index (κ3) is 3.87. The molecule has 0 unspecified atom stereocenters. The van der Waals surface area contributed by atoms with Crippen LogP contribution >= 0.6 is 0 Å². The molecule has 3 N–H and O–H groups in total. The number of nitrogens with one attached hydrogen (secondary N) is 1. The zero-order valence-electron chi connectivity index (χ0n) is 11.4. The lowest BCUT2D eigenvalue weighted by Crippen LogP contribution is -2.32. The number of rotatable bonds is 5. The summed E-state index contributed by atoms with van der Waals surface area (Å²) in [6, 6.07) is 1.63. The van der Waals surface area contributed by atoms with Crippen LogP contribution in [0.3, 0.4) is 0 Å². The van der Waals surface area contributed by atoms with Gasteiger partial charge >= 0.3 is 0 Å². The predicted octanol–water partition coefficient (Wildman–Crippen LogP) is 1.07. The minimum absolute atomic E-state index is 0.0146. The van der Waals surface area contributed by atoms with E-state index in [2.05, 4.69) is 15.3 Å². The zero-order valence-corrected chi connectivity index (χ0v) is 11.4. The molecule has 1 aromatic heterocycles. The Balaban J connectivity index is 2.70. The van der Waals surface area contributed by atoms with Gasteiger partial charge in [0.1, 0.15) is 17.5 Å². The molecular formula is C12H21N5O. The van der Waals surface area contributed by atoms with Crippen LogP contribution in [0.2, 0.25) is 0 Å². The van der Waals surface area contributed by atoms with Gasteiger partial charge in [0, 0.05) is 25.6 Å². The van der Waals surface area contributed by atoms with Crippen LogP contribution in [0.5, 0.6) is 0 Å². The van der Waals surface area contributed by atoms with E-state index < -0.39 is 0 Å². The van der Waals surface area contributed by atoms with Crippen LogP contribution < -0.4 is 11.1 Å². The maximum absolute atomic E-state index is 11.6. The first kappa shape index (κ1) is 14.2. The number of nitrogens with zero attached hydrogens (tertiary/aromatic N) is 3. The molecule has 0 aromatic carbocycles. The molecule has 0 bridgehead atoms. The van der Waals surface area contributed by atoms with Crippen LogP contribution in [-0.4, -0.2) is 40.9 Å². The van der Waals surface area contributed by atoms with Gasteiger partial charge in [-0.3, -0.25) is 4.79 Å². The third-order valence-corrected chi connectivity index (χ3v) is 2.60. The van der Waals surface area contributed by atoms with E-state index in [1.165, 1.54) is 0 Å². The molecule has 0 aliphatic rings. The van der Waals surface area contributed by atoms with Gasteiger partial charge in [0.25, 0.3) is 0 Å². The first-order chi connectivity index (χ1) is 8.43. The molecule has 0 radical (unpaired) electrons. The van der Waals surface area contributed by atoms with Crippen molar-refractivity contribution in [3.05, 3.63) is 11.9 Å². The maximum Gasteiger partial charge on any atom is 0.241 e. The number of amides is 1. The van der Waals surface area contributed by atoms with E-state index in [1.54, 1.807) is 18.0 Å². The monoisotopic (exact) mass is 251 g/mol. The van der Waals surface area contributed by atoms with E-state index in [4.69, 9.17) is 5.73 Å². The first-order valence-corrected chi connectivity index (χ1v) is 6.06. The average molecular weight is 251 g/mol. The zero-order chi connectivity index (χ0) is 13.7. The summed E-state index contributed by atoms with van der Waals surface area (Å²) in [5.41, 5.74) is 5.70. The standard InChI is InChI=1S/C12H21N5O/c1-5-17(4)11(18)7-14-10-6-9(13)15-12(16-10)8(2)3/h6,8H,5,7H2,1-4H3,(H3,13,14,15,16). The van der Waals surface area contributed by atoms with Gasteiger partial charge in [-0.05, 0) is 6.92 Å². The van der Waals surface area contributed by atoms with E-state index in [9.17, 15) is 4.79 Å². The number of anilines is 2.